The molecule has 2 rings (SSSR count). The van der Waals surface area contributed by atoms with E-state index in [2.05, 4.69) is 15.9 Å². The Labute approximate surface area is 92.5 Å². The number of alkyl halides is 1. The fourth-order valence-electron chi connectivity index (χ4n) is 1.22. The monoisotopic (exact) mass is 278 g/mol. The second-order valence-electron chi connectivity index (χ2n) is 2.63. The molecule has 0 bridgehead atoms. The second kappa shape index (κ2) is 3.56. The molecular formula is C9H5BrClFS. The van der Waals surface area contributed by atoms with Gasteiger partial charge >= 0.3 is 0 Å². The number of thiophene rings is 1. The van der Waals surface area contributed by atoms with Crippen molar-refractivity contribution in [1.29, 1.82) is 0 Å². The Kier molecular flexibility index (Phi) is 2.58. The van der Waals surface area contributed by atoms with Gasteiger partial charge in [0.15, 0.2) is 5.13 Å². The first-order valence-corrected chi connectivity index (χ1v) is 5.96. The number of halogens is 3. The molecule has 1 heterocycles. The highest BCUT2D eigenvalue weighted by molar-refractivity contribution is 9.08. The Morgan fingerprint density at radius 1 is 1.46 bits per heavy atom. The molecule has 0 unspecified atom stereocenters. The number of benzene rings is 1. The molecule has 0 saturated heterocycles. The molecule has 13 heavy (non-hydrogen) atoms. The van der Waals surface area contributed by atoms with Crippen molar-refractivity contribution >= 4 is 49.0 Å². The first-order valence-electron chi connectivity index (χ1n) is 3.65. The molecule has 0 saturated carbocycles. The molecule has 0 fully saturated rings. The Balaban J connectivity index is 2.83. The van der Waals surface area contributed by atoms with Gasteiger partial charge in [0.25, 0.3) is 0 Å². The number of fused-ring (bicyclic) bond motifs is 1. The van der Waals surface area contributed by atoms with Crippen LogP contribution in [0.15, 0.2) is 18.2 Å². The number of rotatable bonds is 1. The number of hydrogen-bond donors (Lipinski definition) is 0. The van der Waals surface area contributed by atoms with Crippen molar-refractivity contribution in [3.05, 3.63) is 33.9 Å². The average molecular weight is 280 g/mol. The van der Waals surface area contributed by atoms with Gasteiger partial charge in [0.2, 0.25) is 0 Å². The number of hydrogen-bond acceptors (Lipinski definition) is 1. The van der Waals surface area contributed by atoms with E-state index < -0.39 is 0 Å². The van der Waals surface area contributed by atoms with Gasteiger partial charge in [-0.1, -0.05) is 33.6 Å². The van der Waals surface area contributed by atoms with Crippen LogP contribution in [0, 0.1) is 5.13 Å². The van der Waals surface area contributed by atoms with Crippen LogP contribution in [0.5, 0.6) is 0 Å². The lowest BCUT2D eigenvalue weighted by atomic mass is 10.2. The molecule has 0 aliphatic rings. The summed E-state index contributed by atoms with van der Waals surface area (Å²) in [5.74, 6) is 0. The molecule has 0 nitrogen and oxygen atoms in total. The van der Waals surface area contributed by atoms with E-state index in [1.165, 1.54) is 6.07 Å². The molecule has 2 aromatic rings. The summed E-state index contributed by atoms with van der Waals surface area (Å²) in [6, 6.07) is 5.19. The van der Waals surface area contributed by atoms with E-state index in [1.54, 1.807) is 6.07 Å². The molecule has 0 spiro atoms. The summed E-state index contributed by atoms with van der Waals surface area (Å²) < 4.78 is 13.9. The zero-order valence-electron chi connectivity index (χ0n) is 6.48. The van der Waals surface area contributed by atoms with Crippen molar-refractivity contribution in [1.82, 2.24) is 0 Å². The van der Waals surface area contributed by atoms with Crippen molar-refractivity contribution in [3.8, 4) is 0 Å². The molecule has 1 aromatic carbocycles. The van der Waals surface area contributed by atoms with Gasteiger partial charge in [0, 0.05) is 20.4 Å². The van der Waals surface area contributed by atoms with E-state index >= 15 is 0 Å². The predicted octanol–water partition coefficient (Wildman–Crippen LogP) is 4.59. The van der Waals surface area contributed by atoms with Gasteiger partial charge in [-0.3, -0.25) is 0 Å². The van der Waals surface area contributed by atoms with Crippen LogP contribution in [0.3, 0.4) is 0 Å². The standard InChI is InChI=1S/C9H5BrClFS/c10-4-5-1-2-7(11)6-3-8(12)13-9(5)6/h1-3H,4H2. The van der Waals surface area contributed by atoms with Gasteiger partial charge < -0.3 is 0 Å². The van der Waals surface area contributed by atoms with E-state index in [4.69, 9.17) is 11.6 Å². The highest BCUT2D eigenvalue weighted by Gasteiger charge is 2.08. The molecule has 68 valence electrons. The third kappa shape index (κ3) is 1.60. The van der Waals surface area contributed by atoms with Crippen LogP contribution in [0.4, 0.5) is 4.39 Å². The first kappa shape index (κ1) is 9.44. The van der Waals surface area contributed by atoms with Gasteiger partial charge in [-0.25, -0.2) is 0 Å². The van der Waals surface area contributed by atoms with Crippen molar-refractivity contribution < 1.29 is 4.39 Å². The lowest BCUT2D eigenvalue weighted by molar-refractivity contribution is 0.658. The highest BCUT2D eigenvalue weighted by atomic mass is 79.9. The predicted molar refractivity (Wildman–Crippen MR) is 59.4 cm³/mol. The van der Waals surface area contributed by atoms with E-state index in [1.807, 2.05) is 6.07 Å². The fraction of sp³-hybridized carbons (Fsp3) is 0.111. The van der Waals surface area contributed by atoms with E-state index in [9.17, 15) is 4.39 Å². The summed E-state index contributed by atoms with van der Waals surface area (Å²) in [6.45, 7) is 0. The van der Waals surface area contributed by atoms with E-state index in [-0.39, 0.29) is 5.13 Å². The van der Waals surface area contributed by atoms with Gasteiger partial charge in [-0.2, -0.15) is 4.39 Å². The zero-order chi connectivity index (χ0) is 9.42. The average Bonchev–Trinajstić information content (AvgIpc) is 2.48. The summed E-state index contributed by atoms with van der Waals surface area (Å²) in [5.41, 5.74) is 1.08. The summed E-state index contributed by atoms with van der Waals surface area (Å²) >= 11 is 10.4. The van der Waals surface area contributed by atoms with Crippen LogP contribution in [0.2, 0.25) is 5.02 Å². The van der Waals surface area contributed by atoms with E-state index in [0.29, 0.717) is 5.02 Å². The quantitative estimate of drug-likeness (QED) is 0.670. The van der Waals surface area contributed by atoms with Crippen molar-refractivity contribution in [2.24, 2.45) is 0 Å². The molecule has 4 heteroatoms. The van der Waals surface area contributed by atoms with Crippen LogP contribution in [0.1, 0.15) is 5.56 Å². The van der Waals surface area contributed by atoms with Crippen LogP contribution in [0.25, 0.3) is 10.1 Å². The molecule has 1 aromatic heterocycles. The van der Waals surface area contributed by atoms with Crippen LogP contribution in [-0.2, 0) is 5.33 Å². The van der Waals surface area contributed by atoms with Gasteiger partial charge in [0.05, 0.1) is 0 Å². The molecule has 0 amide bonds. The topological polar surface area (TPSA) is 0 Å². The summed E-state index contributed by atoms with van der Waals surface area (Å²) in [5, 5.41) is 1.95. The summed E-state index contributed by atoms with van der Waals surface area (Å²) in [4.78, 5) is 0. The fourth-order valence-corrected chi connectivity index (χ4v) is 3.06. The minimum atomic E-state index is -0.190. The zero-order valence-corrected chi connectivity index (χ0v) is 9.64. The summed E-state index contributed by atoms with van der Waals surface area (Å²) in [7, 11) is 0. The van der Waals surface area contributed by atoms with Gasteiger partial charge in [-0.15, -0.1) is 11.3 Å². The van der Waals surface area contributed by atoms with Gasteiger partial charge in [-0.05, 0) is 17.7 Å². The molecule has 0 atom stereocenters. The normalized spacial score (nSPS) is 11.0. The van der Waals surface area contributed by atoms with Crippen molar-refractivity contribution in [2.45, 2.75) is 5.33 Å². The Morgan fingerprint density at radius 2 is 2.23 bits per heavy atom. The third-order valence-corrected chi connectivity index (χ3v) is 3.76. The lowest BCUT2D eigenvalue weighted by Gasteiger charge is -1.98. The van der Waals surface area contributed by atoms with E-state index in [0.717, 1.165) is 32.3 Å². The second-order valence-corrected chi connectivity index (χ2v) is 4.60. The van der Waals surface area contributed by atoms with Crippen LogP contribution < -0.4 is 0 Å². The maximum atomic E-state index is 13.0. The Bertz CT molecular complexity index is 452. The first-order chi connectivity index (χ1) is 6.22. The van der Waals surface area contributed by atoms with Gasteiger partial charge in [0.1, 0.15) is 0 Å². The van der Waals surface area contributed by atoms with Crippen LogP contribution in [-0.4, -0.2) is 0 Å². The minimum Gasteiger partial charge on any atom is -0.195 e. The maximum absolute atomic E-state index is 13.0. The minimum absolute atomic E-state index is 0.190. The van der Waals surface area contributed by atoms with Crippen molar-refractivity contribution in [2.75, 3.05) is 0 Å². The Hall–Kier alpha value is -0.120. The Morgan fingerprint density at radius 3 is 2.92 bits per heavy atom. The maximum Gasteiger partial charge on any atom is 0.177 e. The molecule has 0 radical (unpaired) electrons. The molecule has 0 N–H and O–H groups in total. The molecule has 0 aliphatic heterocycles. The highest BCUT2D eigenvalue weighted by Crippen LogP contribution is 2.33. The molecular weight excluding hydrogens is 275 g/mol. The van der Waals surface area contributed by atoms with Crippen LogP contribution >= 0.6 is 38.9 Å². The smallest absolute Gasteiger partial charge is 0.177 e. The summed E-state index contributed by atoms with van der Waals surface area (Å²) in [6.07, 6.45) is 0. The largest absolute Gasteiger partial charge is 0.195 e. The lowest BCUT2D eigenvalue weighted by Crippen LogP contribution is -1.76. The third-order valence-electron chi connectivity index (χ3n) is 1.83. The SMILES string of the molecule is Fc1cc2c(Cl)ccc(CBr)c2s1. The molecule has 0 aliphatic carbocycles. The van der Waals surface area contributed by atoms with Crippen molar-refractivity contribution in [3.63, 3.8) is 0 Å².